The van der Waals surface area contributed by atoms with Gasteiger partial charge in [-0.3, -0.25) is 0 Å². The van der Waals surface area contributed by atoms with Crippen molar-refractivity contribution < 1.29 is 22.3 Å². The van der Waals surface area contributed by atoms with Gasteiger partial charge in [0.15, 0.2) is 12.0 Å². The molecule has 2 atom stereocenters. The number of rotatable bonds is 3. The molecule has 0 saturated heterocycles. The summed E-state index contributed by atoms with van der Waals surface area (Å²) in [6.07, 6.45) is -1.44. The van der Waals surface area contributed by atoms with Crippen LogP contribution >= 0.6 is 15.9 Å². The van der Waals surface area contributed by atoms with Crippen LogP contribution in [0, 0.1) is 5.82 Å². The van der Waals surface area contributed by atoms with E-state index in [1.165, 1.54) is 16.7 Å². The van der Waals surface area contributed by atoms with Crippen LogP contribution in [0.2, 0.25) is 0 Å². The van der Waals surface area contributed by atoms with E-state index < -0.39 is 24.6 Å². The largest absolute Gasteiger partial charge is 0.434 e. The van der Waals surface area contributed by atoms with Crippen LogP contribution in [0.1, 0.15) is 30.0 Å². The van der Waals surface area contributed by atoms with E-state index in [-0.39, 0.29) is 28.0 Å². The van der Waals surface area contributed by atoms with Crippen LogP contribution in [0.4, 0.5) is 17.6 Å². The van der Waals surface area contributed by atoms with E-state index in [9.17, 15) is 17.6 Å². The molecule has 0 N–H and O–H groups in total. The second-order valence-electron chi connectivity index (χ2n) is 5.70. The molecule has 4 rings (SSSR count). The number of halogens is 5. The molecule has 0 bridgehead atoms. The molecule has 1 aliphatic heterocycles. The summed E-state index contributed by atoms with van der Waals surface area (Å²) in [5.74, 6) is -0.536. The molecule has 2 heterocycles. The Bertz CT molecular complexity index is 959. The Morgan fingerprint density at radius 2 is 1.96 bits per heavy atom. The Morgan fingerprint density at radius 3 is 2.72 bits per heavy atom. The molecule has 1 unspecified atom stereocenters. The van der Waals surface area contributed by atoms with Gasteiger partial charge in [-0.1, -0.05) is 18.2 Å². The Labute approximate surface area is 148 Å². The zero-order valence-electron chi connectivity index (χ0n) is 12.6. The van der Waals surface area contributed by atoms with Crippen molar-refractivity contribution >= 4 is 27.0 Å². The van der Waals surface area contributed by atoms with Gasteiger partial charge in [0.05, 0.1) is 16.0 Å². The lowest BCUT2D eigenvalue weighted by Gasteiger charge is -2.18. The number of hydrogen-bond acceptors (Lipinski definition) is 2. The second-order valence-corrected chi connectivity index (χ2v) is 6.56. The molecule has 1 aliphatic rings. The minimum atomic E-state index is -3.01. The summed E-state index contributed by atoms with van der Waals surface area (Å²) in [5, 5.41) is 0. The number of hydrogen-bond donors (Lipinski definition) is 0. The summed E-state index contributed by atoms with van der Waals surface area (Å²) in [6, 6.07) is 8.55. The lowest BCUT2D eigenvalue weighted by Crippen LogP contribution is -2.11. The van der Waals surface area contributed by atoms with Crippen molar-refractivity contribution in [3.63, 3.8) is 0 Å². The molecule has 3 nitrogen and oxygen atoms in total. The van der Waals surface area contributed by atoms with Gasteiger partial charge in [0.25, 0.3) is 0 Å². The first-order chi connectivity index (χ1) is 12.0. The highest BCUT2D eigenvalue weighted by Crippen LogP contribution is 2.46. The molecule has 25 heavy (non-hydrogen) atoms. The van der Waals surface area contributed by atoms with Crippen LogP contribution in [0.15, 0.2) is 40.9 Å². The second kappa shape index (κ2) is 6.01. The van der Waals surface area contributed by atoms with Gasteiger partial charge >= 0.3 is 6.61 Å². The predicted octanol–water partition coefficient (Wildman–Crippen LogP) is 5.54. The van der Waals surface area contributed by atoms with Gasteiger partial charge < -0.3 is 9.30 Å². The highest BCUT2D eigenvalue weighted by molar-refractivity contribution is 9.10. The summed E-state index contributed by atoms with van der Waals surface area (Å²) < 4.78 is 60.7. The molecule has 0 aliphatic carbocycles. The average Bonchev–Trinajstić information content (AvgIpc) is 3.09. The SMILES string of the molecule is Fc1c(Br)ccc2nc3n(c12)C(c1ccccc1OC(F)F)C[C@@H]3F. The van der Waals surface area contributed by atoms with Crippen molar-refractivity contribution in [3.05, 3.63) is 58.1 Å². The molecular weight excluding hydrogens is 404 g/mol. The zero-order valence-corrected chi connectivity index (χ0v) is 14.2. The van der Waals surface area contributed by atoms with Gasteiger partial charge in [0, 0.05) is 12.0 Å². The number of ether oxygens (including phenoxy) is 1. The number of imidazole rings is 1. The number of alkyl halides is 3. The van der Waals surface area contributed by atoms with Crippen molar-refractivity contribution in [2.75, 3.05) is 0 Å². The van der Waals surface area contributed by atoms with Gasteiger partial charge in [0.2, 0.25) is 0 Å². The van der Waals surface area contributed by atoms with E-state index in [2.05, 4.69) is 25.7 Å². The van der Waals surface area contributed by atoms with E-state index >= 15 is 0 Å². The minimum Gasteiger partial charge on any atom is -0.434 e. The van der Waals surface area contributed by atoms with E-state index in [1.54, 1.807) is 24.3 Å². The third kappa shape index (κ3) is 2.59. The minimum absolute atomic E-state index is 0.0200. The van der Waals surface area contributed by atoms with Crippen LogP contribution in [-0.4, -0.2) is 16.2 Å². The number of para-hydroxylation sites is 1. The summed E-state index contributed by atoms with van der Waals surface area (Å²) in [6.45, 7) is -3.01. The van der Waals surface area contributed by atoms with Crippen molar-refractivity contribution in [2.45, 2.75) is 25.2 Å². The Balaban J connectivity index is 1.93. The van der Waals surface area contributed by atoms with Crippen LogP contribution in [0.5, 0.6) is 5.75 Å². The molecule has 2 aromatic carbocycles. The van der Waals surface area contributed by atoms with Crippen molar-refractivity contribution in [1.82, 2.24) is 9.55 Å². The third-order valence-corrected chi connectivity index (χ3v) is 4.90. The smallest absolute Gasteiger partial charge is 0.387 e. The molecular formula is C17H11BrF4N2O. The fraction of sp³-hybridized carbons (Fsp3) is 0.235. The normalized spacial score (nSPS) is 19.6. The van der Waals surface area contributed by atoms with Crippen LogP contribution in [0.25, 0.3) is 11.0 Å². The molecule has 0 fully saturated rings. The molecule has 130 valence electrons. The fourth-order valence-electron chi connectivity index (χ4n) is 3.31. The highest BCUT2D eigenvalue weighted by atomic mass is 79.9. The number of benzene rings is 2. The first-order valence-electron chi connectivity index (χ1n) is 7.51. The summed E-state index contributed by atoms with van der Waals surface area (Å²) in [4.78, 5) is 4.18. The average molecular weight is 415 g/mol. The molecule has 0 spiro atoms. The van der Waals surface area contributed by atoms with Crippen LogP contribution in [0.3, 0.4) is 0 Å². The molecule has 8 heteroatoms. The third-order valence-electron chi connectivity index (χ3n) is 4.29. The fourth-order valence-corrected chi connectivity index (χ4v) is 3.63. The monoisotopic (exact) mass is 414 g/mol. The van der Waals surface area contributed by atoms with Crippen molar-refractivity contribution in [1.29, 1.82) is 0 Å². The maximum atomic E-state index is 14.6. The number of fused-ring (bicyclic) bond motifs is 3. The lowest BCUT2D eigenvalue weighted by atomic mass is 10.0. The van der Waals surface area contributed by atoms with Crippen molar-refractivity contribution in [3.8, 4) is 5.75 Å². The van der Waals surface area contributed by atoms with Crippen LogP contribution in [-0.2, 0) is 0 Å². The number of aromatic nitrogens is 2. The topological polar surface area (TPSA) is 27.1 Å². The molecule has 1 aromatic heterocycles. The predicted molar refractivity (Wildman–Crippen MR) is 87.1 cm³/mol. The highest BCUT2D eigenvalue weighted by Gasteiger charge is 2.37. The molecule has 3 aromatic rings. The Morgan fingerprint density at radius 1 is 1.20 bits per heavy atom. The summed E-state index contributed by atoms with van der Waals surface area (Å²) >= 11 is 3.11. The van der Waals surface area contributed by atoms with E-state index in [1.807, 2.05) is 0 Å². The maximum Gasteiger partial charge on any atom is 0.387 e. The van der Waals surface area contributed by atoms with Gasteiger partial charge in [-0.2, -0.15) is 8.78 Å². The van der Waals surface area contributed by atoms with Gasteiger partial charge in [-0.05, 0) is 34.1 Å². The zero-order chi connectivity index (χ0) is 17.7. The summed E-state index contributed by atoms with van der Waals surface area (Å²) in [7, 11) is 0. The Hall–Kier alpha value is -2.09. The molecule has 0 radical (unpaired) electrons. The maximum absolute atomic E-state index is 14.6. The van der Waals surface area contributed by atoms with Crippen LogP contribution < -0.4 is 4.74 Å². The molecule has 0 saturated carbocycles. The lowest BCUT2D eigenvalue weighted by molar-refractivity contribution is -0.0507. The van der Waals surface area contributed by atoms with E-state index in [0.717, 1.165) is 0 Å². The van der Waals surface area contributed by atoms with E-state index in [4.69, 9.17) is 0 Å². The van der Waals surface area contributed by atoms with Gasteiger partial charge in [0.1, 0.15) is 17.1 Å². The first kappa shape index (κ1) is 16.4. The van der Waals surface area contributed by atoms with Gasteiger partial charge in [-0.25, -0.2) is 13.8 Å². The molecule has 0 amide bonds. The Kier molecular flexibility index (Phi) is 3.94. The first-order valence-corrected chi connectivity index (χ1v) is 8.30. The standard InChI is InChI=1S/C17H11BrF4N2O/c18-9-5-6-11-15(14(9)20)24-12(7-10(19)16(24)23-11)8-3-1-2-4-13(8)25-17(21)22/h1-6,10,12,17H,7H2/t10-,12?/m0/s1. The van der Waals surface area contributed by atoms with E-state index in [0.29, 0.717) is 11.1 Å². The number of nitrogens with zero attached hydrogens (tertiary/aromatic N) is 2. The van der Waals surface area contributed by atoms with Crippen molar-refractivity contribution in [2.24, 2.45) is 0 Å². The quantitative estimate of drug-likeness (QED) is 0.525. The summed E-state index contributed by atoms with van der Waals surface area (Å²) in [5.41, 5.74) is 0.819. The van der Waals surface area contributed by atoms with Gasteiger partial charge in [-0.15, -0.1) is 0 Å².